The first kappa shape index (κ1) is 28.5. The maximum Gasteiger partial charge on any atom is 0.490 e. The van der Waals surface area contributed by atoms with E-state index in [9.17, 15) is 26.7 Å². The van der Waals surface area contributed by atoms with Crippen LogP contribution in [0.2, 0.25) is 0 Å². The monoisotopic (exact) mass is 527 g/mol. The van der Waals surface area contributed by atoms with Crippen molar-refractivity contribution in [1.29, 1.82) is 0 Å². The number of likely N-dealkylation sites (tertiary alicyclic amines) is 2. The van der Waals surface area contributed by atoms with Crippen LogP contribution in [0.15, 0.2) is 48.5 Å². The van der Waals surface area contributed by atoms with Crippen LogP contribution < -0.4 is 5.73 Å². The number of halogens is 5. The van der Waals surface area contributed by atoms with Crippen molar-refractivity contribution < 1.29 is 36.6 Å². The molecule has 0 aliphatic carbocycles. The fourth-order valence-electron chi connectivity index (χ4n) is 4.54. The van der Waals surface area contributed by atoms with Gasteiger partial charge in [-0.3, -0.25) is 4.79 Å². The van der Waals surface area contributed by atoms with Crippen LogP contribution in [0.4, 0.5) is 22.0 Å². The Morgan fingerprint density at radius 1 is 0.973 bits per heavy atom. The van der Waals surface area contributed by atoms with Crippen LogP contribution in [0.25, 0.3) is 11.1 Å². The number of hydrogen-bond donors (Lipinski definition) is 2. The van der Waals surface area contributed by atoms with Crippen LogP contribution in [0.3, 0.4) is 0 Å². The quantitative estimate of drug-likeness (QED) is 0.550. The second-order valence-corrected chi connectivity index (χ2v) is 9.24. The van der Waals surface area contributed by atoms with Gasteiger partial charge < -0.3 is 20.6 Å². The normalized spacial score (nSPS) is 19.7. The minimum atomic E-state index is -5.08. The Hall–Kier alpha value is -3.05. The fraction of sp³-hybridized carbons (Fsp3) is 0.462. The third-order valence-electron chi connectivity index (χ3n) is 6.57. The summed E-state index contributed by atoms with van der Waals surface area (Å²) in [6.07, 6.45) is -3.32. The summed E-state index contributed by atoms with van der Waals surface area (Å²) in [5, 5.41) is 7.12. The van der Waals surface area contributed by atoms with Gasteiger partial charge in [0, 0.05) is 19.0 Å². The number of benzene rings is 2. The Bertz CT molecular complexity index is 1040. The van der Waals surface area contributed by atoms with Crippen LogP contribution in [-0.4, -0.2) is 77.9 Å². The molecule has 0 bridgehead atoms. The van der Waals surface area contributed by atoms with Gasteiger partial charge in [-0.1, -0.05) is 36.4 Å². The van der Waals surface area contributed by atoms with Crippen LogP contribution in [0.5, 0.6) is 0 Å². The summed E-state index contributed by atoms with van der Waals surface area (Å²) in [7, 11) is 0. The van der Waals surface area contributed by atoms with Gasteiger partial charge in [0.1, 0.15) is 12.0 Å². The summed E-state index contributed by atoms with van der Waals surface area (Å²) in [6, 6.07) is 13.7. The summed E-state index contributed by atoms with van der Waals surface area (Å²) < 4.78 is 58.6. The molecule has 3 N–H and O–H groups in total. The van der Waals surface area contributed by atoms with E-state index in [1.807, 2.05) is 24.3 Å². The molecule has 0 aromatic heterocycles. The van der Waals surface area contributed by atoms with Gasteiger partial charge in [0.2, 0.25) is 5.91 Å². The molecule has 6 nitrogen and oxygen atoms in total. The van der Waals surface area contributed by atoms with Crippen molar-refractivity contribution in [3.63, 3.8) is 0 Å². The van der Waals surface area contributed by atoms with Gasteiger partial charge in [0.15, 0.2) is 0 Å². The van der Waals surface area contributed by atoms with E-state index in [1.165, 1.54) is 12.1 Å². The number of rotatable bonds is 6. The molecule has 0 saturated carbocycles. The number of alkyl halides is 4. The molecule has 37 heavy (non-hydrogen) atoms. The highest BCUT2D eigenvalue weighted by Crippen LogP contribution is 2.28. The molecule has 1 amide bonds. The summed E-state index contributed by atoms with van der Waals surface area (Å²) in [6.45, 7) is 3.33. The number of aliphatic carboxylic acids is 1. The van der Waals surface area contributed by atoms with Crippen LogP contribution in [0, 0.1) is 5.82 Å². The molecular weight excluding hydrogens is 497 g/mol. The maximum absolute atomic E-state index is 13.6. The second-order valence-electron chi connectivity index (χ2n) is 9.24. The summed E-state index contributed by atoms with van der Waals surface area (Å²) in [5.41, 5.74) is 9.41. The SMILES string of the molecule is N[C@H](C(=O)N1CC[C@H](F)C1)[C@@H](CN1CCCC1)c1ccc(-c2ccc(F)cc2)cc1.O=C(O)C(F)(F)F. The molecule has 2 heterocycles. The average Bonchev–Trinajstić information content (AvgIpc) is 3.54. The molecule has 2 aromatic rings. The van der Waals surface area contributed by atoms with E-state index in [-0.39, 0.29) is 24.2 Å². The molecule has 11 heteroatoms. The number of carbonyl (C=O) groups excluding carboxylic acids is 1. The molecule has 2 aliphatic heterocycles. The topological polar surface area (TPSA) is 86.9 Å². The van der Waals surface area contributed by atoms with Crippen molar-refractivity contribution in [3.05, 3.63) is 59.9 Å². The first-order valence-electron chi connectivity index (χ1n) is 12.0. The lowest BCUT2D eigenvalue weighted by Gasteiger charge is -2.30. The summed E-state index contributed by atoms with van der Waals surface area (Å²) >= 11 is 0. The lowest BCUT2D eigenvalue weighted by Crippen LogP contribution is -2.48. The summed E-state index contributed by atoms with van der Waals surface area (Å²) in [5.74, 6) is -3.34. The highest BCUT2D eigenvalue weighted by molar-refractivity contribution is 5.83. The first-order valence-corrected chi connectivity index (χ1v) is 12.0. The molecule has 4 rings (SSSR count). The van der Waals surface area contributed by atoms with Gasteiger partial charge in [-0.15, -0.1) is 0 Å². The number of carbonyl (C=O) groups is 2. The predicted molar refractivity (Wildman–Crippen MR) is 128 cm³/mol. The van der Waals surface area contributed by atoms with Crippen molar-refractivity contribution in [2.75, 3.05) is 32.7 Å². The highest BCUT2D eigenvalue weighted by Gasteiger charge is 2.38. The van der Waals surface area contributed by atoms with Crippen molar-refractivity contribution in [3.8, 4) is 11.1 Å². The predicted octanol–water partition coefficient (Wildman–Crippen LogP) is 4.20. The molecule has 202 valence electrons. The zero-order chi connectivity index (χ0) is 27.2. The maximum atomic E-state index is 13.6. The summed E-state index contributed by atoms with van der Waals surface area (Å²) in [4.78, 5) is 25.8. The van der Waals surface area contributed by atoms with E-state index in [4.69, 9.17) is 15.6 Å². The zero-order valence-electron chi connectivity index (χ0n) is 20.1. The smallest absolute Gasteiger partial charge is 0.475 e. The van der Waals surface area contributed by atoms with Gasteiger partial charge >= 0.3 is 12.1 Å². The zero-order valence-corrected chi connectivity index (χ0v) is 20.1. The van der Waals surface area contributed by atoms with Gasteiger partial charge in [-0.25, -0.2) is 13.6 Å². The number of nitrogens with zero attached hydrogens (tertiary/aromatic N) is 2. The van der Waals surface area contributed by atoms with Crippen LogP contribution in [-0.2, 0) is 9.59 Å². The minimum Gasteiger partial charge on any atom is -0.475 e. The average molecular weight is 528 g/mol. The van der Waals surface area contributed by atoms with Gasteiger partial charge in [0.25, 0.3) is 0 Å². The van der Waals surface area contributed by atoms with Crippen molar-refractivity contribution in [2.45, 2.75) is 43.6 Å². The van der Waals surface area contributed by atoms with E-state index in [1.54, 1.807) is 17.0 Å². The van der Waals surface area contributed by atoms with E-state index in [0.717, 1.165) is 49.2 Å². The lowest BCUT2D eigenvalue weighted by atomic mass is 9.89. The van der Waals surface area contributed by atoms with E-state index in [0.29, 0.717) is 13.0 Å². The van der Waals surface area contributed by atoms with Crippen LogP contribution in [0.1, 0.15) is 30.7 Å². The fourth-order valence-corrected chi connectivity index (χ4v) is 4.54. The molecular formula is C26H30F5N3O3. The number of carboxylic acid groups (broad SMARTS) is 1. The Morgan fingerprint density at radius 2 is 1.49 bits per heavy atom. The van der Waals surface area contributed by atoms with Crippen LogP contribution >= 0.6 is 0 Å². The van der Waals surface area contributed by atoms with E-state index < -0.39 is 24.4 Å². The Balaban J connectivity index is 0.000000479. The molecule has 3 atom stereocenters. The number of nitrogens with two attached hydrogens (primary N) is 1. The Labute approximate surface area is 211 Å². The van der Waals surface area contributed by atoms with Gasteiger partial charge in [0.05, 0.1) is 12.6 Å². The first-order chi connectivity index (χ1) is 17.5. The number of carboxylic acids is 1. The highest BCUT2D eigenvalue weighted by atomic mass is 19.4. The van der Waals surface area contributed by atoms with E-state index in [2.05, 4.69) is 4.90 Å². The lowest BCUT2D eigenvalue weighted by molar-refractivity contribution is -0.192. The van der Waals surface area contributed by atoms with Crippen molar-refractivity contribution in [2.24, 2.45) is 5.73 Å². The second kappa shape index (κ2) is 12.5. The van der Waals surface area contributed by atoms with Gasteiger partial charge in [-0.2, -0.15) is 13.2 Å². The molecule has 0 unspecified atom stereocenters. The molecule has 0 radical (unpaired) electrons. The molecule has 2 fully saturated rings. The minimum absolute atomic E-state index is 0.145. The largest absolute Gasteiger partial charge is 0.490 e. The number of amides is 1. The van der Waals surface area contributed by atoms with E-state index >= 15 is 0 Å². The molecule has 2 saturated heterocycles. The Kier molecular flexibility index (Phi) is 9.61. The molecule has 2 aromatic carbocycles. The number of hydrogen-bond acceptors (Lipinski definition) is 4. The Morgan fingerprint density at radius 3 is 1.95 bits per heavy atom. The van der Waals surface area contributed by atoms with Crippen molar-refractivity contribution in [1.82, 2.24) is 9.80 Å². The van der Waals surface area contributed by atoms with Gasteiger partial charge in [-0.05, 0) is 61.2 Å². The third-order valence-corrected chi connectivity index (χ3v) is 6.57. The third kappa shape index (κ3) is 7.96. The molecule has 0 spiro atoms. The molecule has 2 aliphatic rings. The van der Waals surface area contributed by atoms with Crippen molar-refractivity contribution >= 4 is 11.9 Å². The standard InChI is InChI=1S/C24H29F2N3O.C2HF3O2/c25-20-9-7-18(8-10-20)17-3-5-19(6-4-17)22(16-28-12-1-2-13-28)23(27)24(30)29-14-11-21(26)15-29;3-2(4,5)1(6)7/h3-10,21-23H,1-2,11-16,27H2;(H,6,7)/t21-,22-,23-;/m0./s1.